The summed E-state index contributed by atoms with van der Waals surface area (Å²) in [6.45, 7) is 0. The van der Waals surface area contributed by atoms with Gasteiger partial charge in [0, 0.05) is 5.69 Å². The number of rotatable bonds is 1. The van der Waals surface area contributed by atoms with E-state index in [0.29, 0.717) is 15.9 Å². The molecule has 20 heavy (non-hydrogen) atoms. The highest BCUT2D eigenvalue weighted by Crippen LogP contribution is 2.21. The van der Waals surface area contributed by atoms with Gasteiger partial charge in [-0.25, -0.2) is 0 Å². The molecule has 2 aromatic carbocycles. The zero-order chi connectivity index (χ0) is 14.1. The highest BCUT2D eigenvalue weighted by atomic mass is 32.1. The monoisotopic (exact) mass is 276 g/mol. The lowest BCUT2D eigenvalue weighted by molar-refractivity contribution is 1.06. The van der Waals surface area contributed by atoms with Gasteiger partial charge in [-0.05, 0) is 54.7 Å². The fourth-order valence-corrected chi connectivity index (χ4v) is 2.43. The van der Waals surface area contributed by atoms with E-state index in [4.69, 9.17) is 22.7 Å². The number of hydrogen-bond donors (Lipinski definition) is 1. The summed E-state index contributed by atoms with van der Waals surface area (Å²) in [5, 5.41) is 17.8. The van der Waals surface area contributed by atoms with Crippen LogP contribution in [-0.4, -0.2) is 9.55 Å². The second kappa shape index (κ2) is 4.65. The van der Waals surface area contributed by atoms with Crippen LogP contribution < -0.4 is 0 Å². The number of aromatic amines is 1. The van der Waals surface area contributed by atoms with Crippen LogP contribution in [0.25, 0.3) is 16.7 Å². The van der Waals surface area contributed by atoms with Crippen LogP contribution in [0.1, 0.15) is 11.1 Å². The van der Waals surface area contributed by atoms with Crippen LogP contribution in [0.5, 0.6) is 0 Å². The van der Waals surface area contributed by atoms with Crippen LogP contribution in [0.4, 0.5) is 0 Å². The lowest BCUT2D eigenvalue weighted by Gasteiger charge is -2.04. The van der Waals surface area contributed by atoms with Gasteiger partial charge < -0.3 is 4.98 Å². The number of aromatic nitrogens is 2. The van der Waals surface area contributed by atoms with Crippen LogP contribution in [0.3, 0.4) is 0 Å². The van der Waals surface area contributed by atoms with Crippen molar-refractivity contribution in [2.45, 2.75) is 0 Å². The minimum absolute atomic E-state index is 0.555. The number of H-pyrrole nitrogens is 1. The van der Waals surface area contributed by atoms with E-state index in [2.05, 4.69) is 17.1 Å². The summed E-state index contributed by atoms with van der Waals surface area (Å²) in [6.07, 6.45) is 0. The fourth-order valence-electron chi connectivity index (χ4n) is 2.11. The maximum Gasteiger partial charge on any atom is 0.182 e. The minimum Gasteiger partial charge on any atom is -0.330 e. The Balaban J connectivity index is 2.29. The molecule has 0 unspecified atom stereocenters. The molecule has 4 nitrogen and oxygen atoms in total. The lowest BCUT2D eigenvalue weighted by Crippen LogP contribution is -1.94. The van der Waals surface area contributed by atoms with Crippen molar-refractivity contribution in [1.82, 2.24) is 9.55 Å². The number of nitriles is 2. The third kappa shape index (κ3) is 1.87. The summed E-state index contributed by atoms with van der Waals surface area (Å²) in [5.41, 5.74) is 3.75. The van der Waals surface area contributed by atoms with Crippen LogP contribution in [0.2, 0.25) is 0 Å². The van der Waals surface area contributed by atoms with E-state index in [9.17, 15) is 0 Å². The number of hydrogen-bond acceptors (Lipinski definition) is 3. The molecular formula is C15H8N4S. The predicted molar refractivity (Wildman–Crippen MR) is 77.9 cm³/mol. The molecule has 1 aromatic heterocycles. The zero-order valence-corrected chi connectivity index (χ0v) is 11.1. The van der Waals surface area contributed by atoms with Crippen LogP contribution in [0.15, 0.2) is 42.5 Å². The standard InChI is InChI=1S/C15H8N4S/c16-8-10-1-4-12(5-2-10)19-14-7-11(9-17)3-6-13(14)18-15(19)20/h1-7H,(H,18,20). The Morgan fingerprint density at radius 3 is 2.25 bits per heavy atom. The Kier molecular flexibility index (Phi) is 2.83. The van der Waals surface area contributed by atoms with Gasteiger partial charge in [-0.3, -0.25) is 4.57 Å². The van der Waals surface area contributed by atoms with Crippen molar-refractivity contribution < 1.29 is 0 Å². The van der Waals surface area contributed by atoms with Gasteiger partial charge in [0.05, 0.1) is 34.3 Å². The first kappa shape index (κ1) is 12.2. The molecule has 0 saturated carbocycles. The molecule has 0 aliphatic rings. The Labute approximate surface area is 120 Å². The highest BCUT2D eigenvalue weighted by Gasteiger charge is 2.07. The largest absolute Gasteiger partial charge is 0.330 e. The minimum atomic E-state index is 0.555. The summed E-state index contributed by atoms with van der Waals surface area (Å²) < 4.78 is 2.41. The number of nitrogens with zero attached hydrogens (tertiary/aromatic N) is 3. The van der Waals surface area contributed by atoms with Gasteiger partial charge in [0.2, 0.25) is 0 Å². The first-order chi connectivity index (χ1) is 9.72. The van der Waals surface area contributed by atoms with E-state index in [1.54, 1.807) is 24.3 Å². The van der Waals surface area contributed by atoms with E-state index >= 15 is 0 Å². The smallest absolute Gasteiger partial charge is 0.182 e. The molecule has 0 amide bonds. The molecule has 3 rings (SSSR count). The van der Waals surface area contributed by atoms with E-state index in [1.807, 2.05) is 22.8 Å². The van der Waals surface area contributed by atoms with Crippen molar-refractivity contribution in [3.63, 3.8) is 0 Å². The summed E-state index contributed by atoms with van der Waals surface area (Å²) in [4.78, 5) is 3.11. The number of fused-ring (bicyclic) bond motifs is 1. The molecule has 0 radical (unpaired) electrons. The SMILES string of the molecule is N#Cc1ccc(-n2c(=S)[nH]c3ccc(C#N)cc32)cc1. The molecule has 0 aliphatic heterocycles. The van der Waals surface area contributed by atoms with Crippen LogP contribution in [0, 0.1) is 27.4 Å². The van der Waals surface area contributed by atoms with E-state index < -0.39 is 0 Å². The number of imidazole rings is 1. The topological polar surface area (TPSA) is 68.3 Å². The molecule has 1 N–H and O–H groups in total. The molecular weight excluding hydrogens is 268 g/mol. The predicted octanol–water partition coefficient (Wildman–Crippen LogP) is 3.43. The molecule has 0 saturated heterocycles. The van der Waals surface area contributed by atoms with Gasteiger partial charge in [0.1, 0.15) is 0 Å². The normalized spacial score (nSPS) is 10.1. The molecule has 1 heterocycles. The Hall–Kier alpha value is -2.89. The van der Waals surface area contributed by atoms with Crippen molar-refractivity contribution in [3.8, 4) is 17.8 Å². The first-order valence-corrected chi connectivity index (χ1v) is 6.29. The molecule has 0 aliphatic carbocycles. The summed E-state index contributed by atoms with van der Waals surface area (Å²) in [5.74, 6) is 0. The number of nitrogens with one attached hydrogen (secondary N) is 1. The first-order valence-electron chi connectivity index (χ1n) is 5.88. The Bertz CT molecular complexity index is 933. The third-order valence-electron chi connectivity index (χ3n) is 3.07. The van der Waals surface area contributed by atoms with Gasteiger partial charge in [-0.15, -0.1) is 0 Å². The van der Waals surface area contributed by atoms with Crippen LogP contribution >= 0.6 is 12.2 Å². The molecule has 3 aromatic rings. The second-order valence-corrected chi connectivity index (χ2v) is 4.65. The van der Waals surface area contributed by atoms with Gasteiger partial charge in [-0.1, -0.05) is 0 Å². The maximum atomic E-state index is 9.00. The maximum absolute atomic E-state index is 9.00. The molecule has 0 atom stereocenters. The van der Waals surface area contributed by atoms with Crippen molar-refractivity contribution >= 4 is 23.3 Å². The fraction of sp³-hybridized carbons (Fsp3) is 0. The molecule has 0 bridgehead atoms. The van der Waals surface area contributed by atoms with Crippen molar-refractivity contribution in [2.75, 3.05) is 0 Å². The molecule has 0 spiro atoms. The Morgan fingerprint density at radius 1 is 0.950 bits per heavy atom. The van der Waals surface area contributed by atoms with Crippen molar-refractivity contribution in [3.05, 3.63) is 58.4 Å². The Morgan fingerprint density at radius 2 is 1.60 bits per heavy atom. The van der Waals surface area contributed by atoms with Gasteiger partial charge in [0.15, 0.2) is 4.77 Å². The zero-order valence-electron chi connectivity index (χ0n) is 10.3. The van der Waals surface area contributed by atoms with Crippen molar-refractivity contribution in [1.29, 1.82) is 10.5 Å². The van der Waals surface area contributed by atoms with Gasteiger partial charge >= 0.3 is 0 Å². The highest BCUT2D eigenvalue weighted by molar-refractivity contribution is 7.71. The van der Waals surface area contributed by atoms with E-state index in [0.717, 1.165) is 16.7 Å². The lowest BCUT2D eigenvalue weighted by atomic mass is 10.2. The summed E-state index contributed by atoms with van der Waals surface area (Å²) in [6, 6.07) is 16.7. The number of benzene rings is 2. The van der Waals surface area contributed by atoms with E-state index in [-0.39, 0.29) is 0 Å². The average Bonchev–Trinajstić information content (AvgIpc) is 2.82. The second-order valence-electron chi connectivity index (χ2n) is 4.27. The van der Waals surface area contributed by atoms with Crippen LogP contribution in [-0.2, 0) is 0 Å². The average molecular weight is 276 g/mol. The molecule has 0 fully saturated rings. The van der Waals surface area contributed by atoms with Gasteiger partial charge in [0.25, 0.3) is 0 Å². The molecule has 94 valence electrons. The summed E-state index contributed by atoms with van der Waals surface area (Å²) >= 11 is 5.34. The van der Waals surface area contributed by atoms with Gasteiger partial charge in [-0.2, -0.15) is 10.5 Å². The summed E-state index contributed by atoms with van der Waals surface area (Å²) in [7, 11) is 0. The van der Waals surface area contributed by atoms with E-state index in [1.165, 1.54) is 0 Å². The molecule has 5 heteroatoms. The third-order valence-corrected chi connectivity index (χ3v) is 3.35. The quantitative estimate of drug-likeness (QED) is 0.692. The van der Waals surface area contributed by atoms with Crippen molar-refractivity contribution in [2.24, 2.45) is 0 Å².